The van der Waals surface area contributed by atoms with Crippen LogP contribution in [0, 0.1) is 11.8 Å². The molecule has 1 fully saturated rings. The zero-order valence-electron chi connectivity index (χ0n) is 16.3. The number of aryl methyl sites for hydroxylation is 2. The minimum Gasteiger partial charge on any atom is -0.491 e. The Morgan fingerprint density at radius 3 is 2.90 bits per heavy atom. The maximum absolute atomic E-state index is 11.9. The summed E-state index contributed by atoms with van der Waals surface area (Å²) in [7, 11) is 1.63. The van der Waals surface area contributed by atoms with Gasteiger partial charge in [0.2, 0.25) is 5.91 Å². The Labute approximate surface area is 167 Å². The van der Waals surface area contributed by atoms with E-state index in [0.29, 0.717) is 30.5 Å². The van der Waals surface area contributed by atoms with Gasteiger partial charge in [-0.2, -0.15) is 5.10 Å². The molecule has 2 N–H and O–H groups in total. The normalized spacial score (nSPS) is 17.0. The Bertz CT molecular complexity index is 1180. The molecule has 2 aliphatic rings. The van der Waals surface area contributed by atoms with Crippen LogP contribution in [0.5, 0.6) is 5.75 Å². The smallest absolute Gasteiger partial charge is 0.266 e. The number of carbonyl (C=O) groups is 1. The molecule has 1 amide bonds. The average molecular weight is 393 g/mol. The molecule has 0 spiro atoms. The topological polar surface area (TPSA) is 105 Å². The zero-order valence-corrected chi connectivity index (χ0v) is 16.3. The SMILES string of the molecule is Cn1nc(-c2nc3cc(C[C@H](C(N)=O)C4CC4)cc4c3n2CCCO4)ccc1=O. The number of ether oxygens (including phenoxy) is 1. The molecule has 1 aliphatic carbocycles. The fraction of sp³-hybridized carbons (Fsp3) is 0.429. The van der Waals surface area contributed by atoms with Crippen LogP contribution in [0.4, 0.5) is 0 Å². The van der Waals surface area contributed by atoms with E-state index in [4.69, 9.17) is 15.5 Å². The first-order valence-electron chi connectivity index (χ1n) is 10.0. The van der Waals surface area contributed by atoms with Crippen molar-refractivity contribution >= 4 is 16.9 Å². The van der Waals surface area contributed by atoms with Crippen molar-refractivity contribution in [3.05, 3.63) is 40.2 Å². The summed E-state index contributed by atoms with van der Waals surface area (Å²) in [5, 5.41) is 4.38. The van der Waals surface area contributed by atoms with Gasteiger partial charge < -0.3 is 15.0 Å². The Hall–Kier alpha value is -3.16. The molecule has 0 radical (unpaired) electrons. The predicted molar refractivity (Wildman–Crippen MR) is 107 cm³/mol. The van der Waals surface area contributed by atoms with E-state index in [-0.39, 0.29) is 17.4 Å². The molecule has 3 aromatic rings. The highest BCUT2D eigenvalue weighted by molar-refractivity contribution is 5.87. The predicted octanol–water partition coefficient (Wildman–Crippen LogP) is 1.63. The van der Waals surface area contributed by atoms with Gasteiger partial charge in [0.25, 0.3) is 5.56 Å². The summed E-state index contributed by atoms with van der Waals surface area (Å²) in [6, 6.07) is 7.24. The highest BCUT2D eigenvalue weighted by atomic mass is 16.5. The largest absolute Gasteiger partial charge is 0.491 e. The summed E-state index contributed by atoms with van der Waals surface area (Å²) < 4.78 is 9.44. The number of primary amides is 1. The monoisotopic (exact) mass is 393 g/mol. The molecule has 0 bridgehead atoms. The molecular formula is C21H23N5O3. The van der Waals surface area contributed by atoms with Crippen molar-refractivity contribution in [3.8, 4) is 17.3 Å². The number of carbonyl (C=O) groups excluding carboxylic acids is 1. The zero-order chi connectivity index (χ0) is 20.1. The lowest BCUT2D eigenvalue weighted by atomic mass is 9.94. The quantitative estimate of drug-likeness (QED) is 0.709. The van der Waals surface area contributed by atoms with Gasteiger partial charge in [0.15, 0.2) is 5.82 Å². The van der Waals surface area contributed by atoms with E-state index in [1.54, 1.807) is 13.1 Å². The maximum atomic E-state index is 11.9. The van der Waals surface area contributed by atoms with Crippen molar-refractivity contribution in [2.24, 2.45) is 24.6 Å². The van der Waals surface area contributed by atoms with Gasteiger partial charge in [-0.25, -0.2) is 9.67 Å². The third kappa shape index (κ3) is 3.18. The van der Waals surface area contributed by atoms with E-state index in [0.717, 1.165) is 48.2 Å². The molecule has 1 saturated carbocycles. The van der Waals surface area contributed by atoms with E-state index in [2.05, 4.69) is 9.67 Å². The molecule has 3 heterocycles. The van der Waals surface area contributed by atoms with Crippen LogP contribution in [0.3, 0.4) is 0 Å². The van der Waals surface area contributed by atoms with Crippen LogP contribution in [0.2, 0.25) is 0 Å². The van der Waals surface area contributed by atoms with Gasteiger partial charge >= 0.3 is 0 Å². The average Bonchev–Trinajstić information content (AvgIpc) is 3.48. The number of hydrogen-bond acceptors (Lipinski definition) is 5. The van der Waals surface area contributed by atoms with Gasteiger partial charge in [-0.1, -0.05) is 0 Å². The molecule has 0 unspecified atom stereocenters. The number of imidazole rings is 1. The molecule has 2 aromatic heterocycles. The molecule has 150 valence electrons. The molecule has 8 nitrogen and oxygen atoms in total. The number of nitrogens with zero attached hydrogens (tertiary/aromatic N) is 4. The van der Waals surface area contributed by atoms with Crippen molar-refractivity contribution in [1.82, 2.24) is 19.3 Å². The molecule has 1 aromatic carbocycles. The number of hydrogen-bond donors (Lipinski definition) is 1. The Morgan fingerprint density at radius 2 is 2.17 bits per heavy atom. The number of aromatic nitrogens is 4. The van der Waals surface area contributed by atoms with Crippen LogP contribution >= 0.6 is 0 Å². The van der Waals surface area contributed by atoms with Crippen LogP contribution < -0.4 is 16.0 Å². The fourth-order valence-corrected chi connectivity index (χ4v) is 4.21. The van der Waals surface area contributed by atoms with Gasteiger partial charge in [0.1, 0.15) is 17.0 Å². The minimum absolute atomic E-state index is 0.141. The van der Waals surface area contributed by atoms with E-state index in [1.165, 1.54) is 10.7 Å². The highest BCUT2D eigenvalue weighted by Gasteiger charge is 2.35. The number of rotatable bonds is 5. The Balaban J connectivity index is 1.63. The summed E-state index contributed by atoms with van der Waals surface area (Å²) in [6.45, 7) is 1.37. The standard InChI is InChI=1S/C21H23N5O3/c1-25-18(27)6-5-15(24-25)21-23-16-10-12(9-14(20(22)28)13-3-4-13)11-17-19(16)26(21)7-2-8-29-17/h5-6,10-11,13-14H,2-4,7-9H2,1H3,(H2,22,28)/t14-/m0/s1. The van der Waals surface area contributed by atoms with Crippen molar-refractivity contribution in [2.75, 3.05) is 6.61 Å². The Kier molecular flexibility index (Phi) is 4.15. The molecule has 29 heavy (non-hydrogen) atoms. The first-order valence-corrected chi connectivity index (χ1v) is 10.0. The van der Waals surface area contributed by atoms with Gasteiger partial charge in [-0.3, -0.25) is 9.59 Å². The molecule has 1 aliphatic heterocycles. The molecule has 8 heteroatoms. The van der Waals surface area contributed by atoms with Crippen LogP contribution in [-0.2, 0) is 24.8 Å². The second-order valence-electron chi connectivity index (χ2n) is 7.98. The summed E-state index contributed by atoms with van der Waals surface area (Å²) in [5.41, 5.74) is 8.88. The third-order valence-corrected chi connectivity index (χ3v) is 5.85. The van der Waals surface area contributed by atoms with Crippen LogP contribution in [0.1, 0.15) is 24.8 Å². The summed E-state index contributed by atoms with van der Waals surface area (Å²) in [6.07, 6.45) is 3.58. The van der Waals surface area contributed by atoms with Crippen LogP contribution in [0.25, 0.3) is 22.6 Å². The third-order valence-electron chi connectivity index (χ3n) is 5.85. The highest BCUT2D eigenvalue weighted by Crippen LogP contribution is 2.40. The van der Waals surface area contributed by atoms with Crippen molar-refractivity contribution in [2.45, 2.75) is 32.2 Å². The number of amides is 1. The van der Waals surface area contributed by atoms with E-state index >= 15 is 0 Å². The number of benzene rings is 1. The summed E-state index contributed by atoms with van der Waals surface area (Å²) in [4.78, 5) is 28.5. The van der Waals surface area contributed by atoms with Crippen LogP contribution in [-0.4, -0.2) is 31.8 Å². The summed E-state index contributed by atoms with van der Waals surface area (Å²) in [5.74, 6) is 1.51. The molecule has 5 rings (SSSR count). The van der Waals surface area contributed by atoms with Gasteiger partial charge in [0.05, 0.1) is 12.1 Å². The van der Waals surface area contributed by atoms with Gasteiger partial charge in [-0.05, 0) is 55.4 Å². The first-order chi connectivity index (χ1) is 14.0. The lowest BCUT2D eigenvalue weighted by molar-refractivity contribution is -0.122. The first kappa shape index (κ1) is 17.9. The van der Waals surface area contributed by atoms with E-state index in [9.17, 15) is 9.59 Å². The molecular weight excluding hydrogens is 370 g/mol. The lowest BCUT2D eigenvalue weighted by Crippen LogP contribution is -2.26. The van der Waals surface area contributed by atoms with E-state index in [1.807, 2.05) is 12.1 Å². The van der Waals surface area contributed by atoms with Crippen molar-refractivity contribution in [1.29, 1.82) is 0 Å². The van der Waals surface area contributed by atoms with Crippen molar-refractivity contribution in [3.63, 3.8) is 0 Å². The lowest BCUT2D eigenvalue weighted by Gasteiger charge is -2.13. The number of nitrogens with two attached hydrogens (primary N) is 1. The van der Waals surface area contributed by atoms with E-state index < -0.39 is 0 Å². The van der Waals surface area contributed by atoms with Crippen molar-refractivity contribution < 1.29 is 9.53 Å². The minimum atomic E-state index is -0.236. The second-order valence-corrected chi connectivity index (χ2v) is 7.98. The van der Waals surface area contributed by atoms with Crippen LogP contribution in [0.15, 0.2) is 29.1 Å². The second kappa shape index (κ2) is 6.72. The summed E-state index contributed by atoms with van der Waals surface area (Å²) >= 11 is 0. The van der Waals surface area contributed by atoms with Gasteiger partial charge in [0, 0.05) is 25.6 Å². The Morgan fingerprint density at radius 1 is 1.34 bits per heavy atom. The van der Waals surface area contributed by atoms with Gasteiger partial charge in [-0.15, -0.1) is 0 Å². The maximum Gasteiger partial charge on any atom is 0.266 e. The molecule has 1 atom stereocenters. The fourth-order valence-electron chi connectivity index (χ4n) is 4.21. The molecule has 0 saturated heterocycles.